The molecule has 1 fully saturated rings. The van der Waals surface area contributed by atoms with Gasteiger partial charge in [0.1, 0.15) is 4.92 Å². The molecular weight excluding hydrogens is 282 g/mol. The second kappa shape index (κ2) is 6.46. The second-order valence-corrected chi connectivity index (χ2v) is 4.59. The summed E-state index contributed by atoms with van der Waals surface area (Å²) in [4.78, 5) is 21.5. The summed E-state index contributed by atoms with van der Waals surface area (Å²) < 4.78 is 15.7. The van der Waals surface area contributed by atoms with Crippen LogP contribution in [0.3, 0.4) is 0 Å². The number of furan rings is 1. The van der Waals surface area contributed by atoms with E-state index in [0.29, 0.717) is 13.2 Å². The van der Waals surface area contributed by atoms with Crippen LogP contribution in [0, 0.1) is 10.1 Å². The molecule has 0 atom stereocenters. The molecule has 0 aromatic carbocycles. The maximum absolute atomic E-state index is 11.7. The average Bonchev–Trinajstić information content (AvgIpc) is 2.88. The minimum absolute atomic E-state index is 0.00262. The Kier molecular flexibility index (Phi) is 4.66. The van der Waals surface area contributed by atoms with Gasteiger partial charge in [0.2, 0.25) is 5.91 Å². The van der Waals surface area contributed by atoms with Crippen molar-refractivity contribution < 1.29 is 23.6 Å². The minimum atomic E-state index is -0.943. The maximum atomic E-state index is 11.7. The molecule has 1 aromatic rings. The van der Waals surface area contributed by atoms with Crippen LogP contribution in [-0.4, -0.2) is 36.0 Å². The van der Waals surface area contributed by atoms with Crippen LogP contribution in [0.4, 0.5) is 5.88 Å². The average molecular weight is 297 g/mol. The lowest BCUT2D eigenvalue weighted by atomic mass is 10.2. The number of carbonyl (C=O) groups is 1. The third kappa shape index (κ3) is 4.36. The zero-order valence-electron chi connectivity index (χ0n) is 11.4. The fourth-order valence-electron chi connectivity index (χ4n) is 1.79. The van der Waals surface area contributed by atoms with Gasteiger partial charge in [-0.1, -0.05) is 0 Å². The van der Waals surface area contributed by atoms with Gasteiger partial charge in [0.25, 0.3) is 0 Å². The topological polar surface area (TPSA) is 116 Å². The van der Waals surface area contributed by atoms with Crippen LogP contribution in [0.15, 0.2) is 21.7 Å². The predicted molar refractivity (Wildman–Crippen MR) is 70.6 cm³/mol. The Bertz CT molecular complexity index is 547. The zero-order valence-corrected chi connectivity index (χ0v) is 11.4. The first-order valence-corrected chi connectivity index (χ1v) is 6.32. The number of nitrogens with zero attached hydrogens (tertiary/aromatic N) is 2. The zero-order chi connectivity index (χ0) is 15.3. The van der Waals surface area contributed by atoms with Crippen molar-refractivity contribution in [3.63, 3.8) is 0 Å². The van der Waals surface area contributed by atoms with Crippen molar-refractivity contribution in [2.45, 2.75) is 25.6 Å². The third-order valence-corrected chi connectivity index (χ3v) is 2.76. The Balaban J connectivity index is 1.82. The summed E-state index contributed by atoms with van der Waals surface area (Å²) in [5, 5.41) is 14.1. The van der Waals surface area contributed by atoms with Gasteiger partial charge >= 0.3 is 5.88 Å². The van der Waals surface area contributed by atoms with Crippen molar-refractivity contribution in [2.75, 3.05) is 13.2 Å². The van der Waals surface area contributed by atoms with E-state index < -0.39 is 16.6 Å². The molecule has 1 N–H and O–H groups in total. The van der Waals surface area contributed by atoms with Crippen molar-refractivity contribution in [2.24, 2.45) is 5.10 Å². The van der Waals surface area contributed by atoms with Crippen LogP contribution in [0.5, 0.6) is 0 Å². The molecular formula is C12H15N3O6. The summed E-state index contributed by atoms with van der Waals surface area (Å²) in [7, 11) is 0. The highest BCUT2D eigenvalue weighted by Gasteiger charge is 2.31. The molecule has 114 valence electrons. The molecule has 0 spiro atoms. The third-order valence-electron chi connectivity index (χ3n) is 2.76. The molecule has 9 heteroatoms. The van der Waals surface area contributed by atoms with E-state index in [2.05, 4.69) is 10.5 Å². The lowest BCUT2D eigenvalue weighted by Crippen LogP contribution is -2.41. The van der Waals surface area contributed by atoms with Gasteiger partial charge in [0.15, 0.2) is 11.5 Å². The molecule has 1 saturated heterocycles. The SMILES string of the molecule is CC1(CC(=O)N/N=C\c2ccc([N+](=O)[O-])o2)OCCCO1. The van der Waals surface area contributed by atoms with E-state index in [9.17, 15) is 14.9 Å². The van der Waals surface area contributed by atoms with Gasteiger partial charge < -0.3 is 13.9 Å². The molecule has 1 aliphatic heterocycles. The first-order chi connectivity index (χ1) is 9.98. The summed E-state index contributed by atoms with van der Waals surface area (Å²) in [6.07, 6.45) is 1.98. The molecule has 2 heterocycles. The number of rotatable bonds is 5. The lowest BCUT2D eigenvalue weighted by Gasteiger charge is -2.33. The Hall–Kier alpha value is -2.26. The summed E-state index contributed by atoms with van der Waals surface area (Å²) in [6.45, 7) is 2.78. The van der Waals surface area contributed by atoms with Crippen LogP contribution >= 0.6 is 0 Å². The van der Waals surface area contributed by atoms with Crippen molar-refractivity contribution in [3.05, 3.63) is 28.0 Å². The fraction of sp³-hybridized carbons (Fsp3) is 0.500. The number of carbonyl (C=O) groups excluding carboxylic acids is 1. The normalized spacial score (nSPS) is 17.8. The molecule has 9 nitrogen and oxygen atoms in total. The Morgan fingerprint density at radius 2 is 2.24 bits per heavy atom. The molecule has 2 rings (SSSR count). The minimum Gasteiger partial charge on any atom is -0.400 e. The highest BCUT2D eigenvalue weighted by atomic mass is 16.7. The maximum Gasteiger partial charge on any atom is 0.433 e. The molecule has 0 radical (unpaired) electrons. The number of nitrogens with one attached hydrogen (secondary N) is 1. The second-order valence-electron chi connectivity index (χ2n) is 4.59. The van der Waals surface area contributed by atoms with Gasteiger partial charge in [-0.3, -0.25) is 14.9 Å². The first kappa shape index (κ1) is 15.1. The molecule has 1 aliphatic rings. The molecule has 0 aliphatic carbocycles. The van der Waals surface area contributed by atoms with Crippen molar-refractivity contribution >= 4 is 18.0 Å². The van der Waals surface area contributed by atoms with E-state index in [0.717, 1.165) is 6.42 Å². The smallest absolute Gasteiger partial charge is 0.400 e. The monoisotopic (exact) mass is 297 g/mol. The number of amides is 1. The van der Waals surface area contributed by atoms with Gasteiger partial charge in [0.05, 0.1) is 31.9 Å². The Labute approximate surface area is 120 Å². The van der Waals surface area contributed by atoms with Crippen LogP contribution < -0.4 is 5.43 Å². The van der Waals surface area contributed by atoms with E-state index in [1.165, 1.54) is 18.3 Å². The van der Waals surface area contributed by atoms with Crippen LogP contribution in [0.2, 0.25) is 0 Å². The van der Waals surface area contributed by atoms with E-state index in [1.54, 1.807) is 6.92 Å². The highest BCUT2D eigenvalue weighted by Crippen LogP contribution is 2.21. The predicted octanol–water partition coefficient (Wildman–Crippen LogP) is 1.18. The summed E-state index contributed by atoms with van der Waals surface area (Å²) in [5.74, 6) is -1.56. The van der Waals surface area contributed by atoms with E-state index in [-0.39, 0.29) is 18.1 Å². The molecule has 1 amide bonds. The van der Waals surface area contributed by atoms with E-state index >= 15 is 0 Å². The number of nitro groups is 1. The Morgan fingerprint density at radius 3 is 2.86 bits per heavy atom. The molecule has 0 saturated carbocycles. The largest absolute Gasteiger partial charge is 0.433 e. The fourth-order valence-corrected chi connectivity index (χ4v) is 1.79. The van der Waals surface area contributed by atoms with Gasteiger partial charge in [-0.2, -0.15) is 5.10 Å². The van der Waals surface area contributed by atoms with Crippen molar-refractivity contribution in [3.8, 4) is 0 Å². The number of hydrogen-bond acceptors (Lipinski definition) is 7. The quantitative estimate of drug-likeness (QED) is 0.495. The molecule has 0 bridgehead atoms. The Morgan fingerprint density at radius 1 is 1.52 bits per heavy atom. The molecule has 0 unspecified atom stereocenters. The van der Waals surface area contributed by atoms with Gasteiger partial charge in [0, 0.05) is 0 Å². The molecule has 1 aromatic heterocycles. The summed E-state index contributed by atoms with van der Waals surface area (Å²) in [6, 6.07) is 2.58. The van der Waals surface area contributed by atoms with Crippen LogP contribution in [0.1, 0.15) is 25.5 Å². The molecule has 21 heavy (non-hydrogen) atoms. The lowest BCUT2D eigenvalue weighted by molar-refractivity contribution is -0.402. The highest BCUT2D eigenvalue weighted by molar-refractivity contribution is 5.80. The van der Waals surface area contributed by atoms with Crippen molar-refractivity contribution in [1.29, 1.82) is 0 Å². The number of hydrazone groups is 1. The number of hydrogen-bond donors (Lipinski definition) is 1. The van der Waals surface area contributed by atoms with Gasteiger partial charge in [-0.15, -0.1) is 0 Å². The van der Waals surface area contributed by atoms with E-state index in [4.69, 9.17) is 13.9 Å². The van der Waals surface area contributed by atoms with Crippen LogP contribution in [-0.2, 0) is 14.3 Å². The first-order valence-electron chi connectivity index (χ1n) is 6.32. The number of ether oxygens (including phenoxy) is 2. The van der Waals surface area contributed by atoms with Gasteiger partial charge in [-0.05, 0) is 19.4 Å². The summed E-state index contributed by atoms with van der Waals surface area (Å²) in [5.41, 5.74) is 2.28. The standard InChI is InChI=1S/C12H15N3O6/c1-12(19-5-2-6-20-12)7-10(16)14-13-8-9-3-4-11(21-9)15(17)18/h3-4,8H,2,5-7H2,1H3,(H,14,16)/b13-8-. The van der Waals surface area contributed by atoms with Crippen LogP contribution in [0.25, 0.3) is 0 Å². The summed E-state index contributed by atoms with van der Waals surface area (Å²) >= 11 is 0. The van der Waals surface area contributed by atoms with Gasteiger partial charge in [-0.25, -0.2) is 5.43 Å². The van der Waals surface area contributed by atoms with Crippen molar-refractivity contribution in [1.82, 2.24) is 5.43 Å². The van der Waals surface area contributed by atoms with E-state index in [1.807, 2.05) is 0 Å².